The molecule has 6 rings (SSSR count). The average molecular weight is 440 g/mol. The lowest BCUT2D eigenvalue weighted by atomic mass is 10.1. The van der Waals surface area contributed by atoms with Gasteiger partial charge in [-0.25, -0.2) is 19.2 Å². The Bertz CT molecular complexity index is 789. The van der Waals surface area contributed by atoms with Crippen LogP contribution in [-0.4, -0.2) is 50.3 Å². The molecular weight excluding hydrogens is 416 g/mol. The van der Waals surface area contributed by atoms with Gasteiger partial charge in [-0.15, -0.1) is 0 Å². The fraction of sp³-hybridized carbons (Fsp3) is 0.333. The smallest absolute Gasteiger partial charge is 0.338 e. The minimum atomic E-state index is -0.494. The van der Waals surface area contributed by atoms with Crippen molar-refractivity contribution in [3.8, 4) is 0 Å². The van der Waals surface area contributed by atoms with Gasteiger partial charge in [-0.3, -0.25) is 0 Å². The summed E-state index contributed by atoms with van der Waals surface area (Å²) in [5.74, 6) is -1.98. The molecule has 2 aromatic rings. The molecule has 168 valence electrons. The molecule has 8 nitrogen and oxygen atoms in total. The number of esters is 4. The maximum Gasteiger partial charge on any atom is 0.338 e. The molecule has 4 heterocycles. The number of rotatable bonds is 0. The van der Waals surface area contributed by atoms with Crippen LogP contribution in [-0.2, 0) is 18.9 Å². The fourth-order valence-corrected chi connectivity index (χ4v) is 2.89. The van der Waals surface area contributed by atoms with E-state index in [0.717, 1.165) is 0 Å². The van der Waals surface area contributed by atoms with Crippen LogP contribution >= 0.6 is 0 Å². The zero-order valence-electron chi connectivity index (χ0n) is 17.5. The molecule has 0 atom stereocenters. The van der Waals surface area contributed by atoms with Gasteiger partial charge < -0.3 is 18.9 Å². The summed E-state index contributed by atoms with van der Waals surface area (Å²) >= 11 is 0. The van der Waals surface area contributed by atoms with Gasteiger partial charge >= 0.3 is 23.9 Å². The van der Waals surface area contributed by atoms with E-state index in [4.69, 9.17) is 18.9 Å². The topological polar surface area (TPSA) is 105 Å². The minimum Gasteiger partial charge on any atom is -0.462 e. The Morgan fingerprint density at radius 1 is 0.375 bits per heavy atom. The molecule has 0 saturated heterocycles. The van der Waals surface area contributed by atoms with Crippen LogP contribution in [0.2, 0.25) is 0 Å². The van der Waals surface area contributed by atoms with Crippen molar-refractivity contribution < 1.29 is 38.1 Å². The minimum absolute atomic E-state index is 0.178. The Morgan fingerprint density at radius 3 is 0.750 bits per heavy atom. The lowest BCUT2D eigenvalue weighted by Crippen LogP contribution is -2.12. The molecule has 0 aliphatic carbocycles. The van der Waals surface area contributed by atoms with Crippen LogP contribution in [0.5, 0.6) is 0 Å². The first-order valence-corrected chi connectivity index (χ1v) is 10.4. The maximum absolute atomic E-state index is 12.1. The third kappa shape index (κ3) is 6.66. The first-order valence-electron chi connectivity index (χ1n) is 10.4. The second kappa shape index (κ2) is 11.6. The highest BCUT2D eigenvalue weighted by molar-refractivity contribution is 5.94. The van der Waals surface area contributed by atoms with E-state index in [9.17, 15) is 19.2 Å². The predicted octanol–water partition coefficient (Wildman–Crippen LogP) is 3.59. The molecule has 4 aliphatic rings. The molecule has 32 heavy (non-hydrogen) atoms. The monoisotopic (exact) mass is 440 g/mol. The summed E-state index contributed by atoms with van der Waals surface area (Å²) in [6.45, 7) is 0.710. The van der Waals surface area contributed by atoms with Crippen molar-refractivity contribution in [2.45, 2.75) is 25.7 Å². The summed E-state index contributed by atoms with van der Waals surface area (Å²) in [6.07, 6.45) is 2.09. The zero-order valence-corrected chi connectivity index (χ0v) is 17.5. The van der Waals surface area contributed by atoms with Gasteiger partial charge in [0.15, 0.2) is 0 Å². The second-order valence-corrected chi connectivity index (χ2v) is 7.11. The summed E-state index contributed by atoms with van der Waals surface area (Å²) < 4.78 is 20.8. The highest BCUT2D eigenvalue weighted by Gasteiger charge is 2.13. The lowest BCUT2D eigenvalue weighted by molar-refractivity contribution is 0.0427. The van der Waals surface area contributed by atoms with E-state index in [1.807, 2.05) is 0 Å². The van der Waals surface area contributed by atoms with E-state index < -0.39 is 23.9 Å². The Balaban J connectivity index is 1.61. The van der Waals surface area contributed by atoms with Crippen LogP contribution in [0.1, 0.15) is 67.1 Å². The molecule has 0 fully saturated rings. The molecule has 0 radical (unpaired) electrons. The molecule has 2 aromatic carbocycles. The van der Waals surface area contributed by atoms with Gasteiger partial charge in [-0.1, -0.05) is 0 Å². The van der Waals surface area contributed by atoms with Crippen molar-refractivity contribution in [3.63, 3.8) is 0 Å². The molecule has 4 bridgehead atoms. The predicted molar refractivity (Wildman–Crippen MR) is 112 cm³/mol. The normalized spacial score (nSPS) is 17.0. The molecule has 0 amide bonds. The molecule has 8 heteroatoms. The molecule has 0 saturated carbocycles. The van der Waals surface area contributed by atoms with Crippen LogP contribution in [0.25, 0.3) is 0 Å². The Labute approximate surface area is 185 Å². The van der Waals surface area contributed by atoms with E-state index in [0.29, 0.717) is 47.9 Å². The van der Waals surface area contributed by atoms with Crippen molar-refractivity contribution in [3.05, 3.63) is 70.8 Å². The number of carbonyl (C=O) groups is 4. The molecule has 0 aromatic heterocycles. The molecule has 0 unspecified atom stereocenters. The number of hydrogen-bond acceptors (Lipinski definition) is 8. The summed E-state index contributed by atoms with van der Waals surface area (Å²) in [5, 5.41) is 0. The number of benzene rings is 2. The Morgan fingerprint density at radius 2 is 0.562 bits per heavy atom. The van der Waals surface area contributed by atoms with Crippen molar-refractivity contribution in [1.82, 2.24) is 0 Å². The van der Waals surface area contributed by atoms with Crippen LogP contribution in [0.15, 0.2) is 48.5 Å². The van der Waals surface area contributed by atoms with Gasteiger partial charge in [0, 0.05) is 0 Å². The van der Waals surface area contributed by atoms with Crippen LogP contribution < -0.4 is 0 Å². The summed E-state index contributed by atoms with van der Waals surface area (Å²) in [5.41, 5.74) is 1.31. The number of ether oxygens (including phenoxy) is 4. The van der Waals surface area contributed by atoms with Gasteiger partial charge in [0.25, 0.3) is 0 Å². The van der Waals surface area contributed by atoms with Gasteiger partial charge in [0.1, 0.15) is 0 Å². The average Bonchev–Trinajstić information content (AvgIpc) is 2.82. The third-order valence-corrected chi connectivity index (χ3v) is 4.72. The fourth-order valence-electron chi connectivity index (χ4n) is 2.89. The van der Waals surface area contributed by atoms with Crippen molar-refractivity contribution >= 4 is 23.9 Å². The van der Waals surface area contributed by atoms with E-state index in [-0.39, 0.29) is 26.4 Å². The molecule has 4 aliphatic heterocycles. The highest BCUT2D eigenvalue weighted by atomic mass is 16.5. The summed E-state index contributed by atoms with van der Waals surface area (Å²) in [4.78, 5) is 48.4. The maximum atomic E-state index is 12.1. The third-order valence-electron chi connectivity index (χ3n) is 4.72. The summed E-state index contributed by atoms with van der Waals surface area (Å²) in [7, 11) is 0. The molecule has 0 N–H and O–H groups in total. The van der Waals surface area contributed by atoms with Crippen LogP contribution in [0.4, 0.5) is 0 Å². The van der Waals surface area contributed by atoms with Gasteiger partial charge in [-0.05, 0) is 74.2 Å². The van der Waals surface area contributed by atoms with E-state index in [1.54, 1.807) is 0 Å². The highest BCUT2D eigenvalue weighted by Crippen LogP contribution is 2.11. The standard InChI is InChI=1S/C24H24O8/c25-21-17-5-7-19(8-6-17)23(27)31-15-3-4-16-32-24(28)20-11-9-18(10-12-20)22(26)30-14-2-1-13-29-21/h5-12H,1-4,13-16H2. The Hall–Kier alpha value is -3.68. The first kappa shape index (κ1) is 23.0. The summed E-state index contributed by atoms with van der Waals surface area (Å²) in [6, 6.07) is 12.0. The second-order valence-electron chi connectivity index (χ2n) is 7.11. The zero-order chi connectivity index (χ0) is 22.8. The quantitative estimate of drug-likeness (QED) is 0.452. The van der Waals surface area contributed by atoms with E-state index in [1.165, 1.54) is 48.5 Å². The van der Waals surface area contributed by atoms with Gasteiger partial charge in [0.05, 0.1) is 48.7 Å². The van der Waals surface area contributed by atoms with Crippen molar-refractivity contribution in [2.24, 2.45) is 0 Å². The van der Waals surface area contributed by atoms with Crippen molar-refractivity contribution in [2.75, 3.05) is 26.4 Å². The van der Waals surface area contributed by atoms with Gasteiger partial charge in [0.2, 0.25) is 0 Å². The first-order chi connectivity index (χ1) is 15.5. The van der Waals surface area contributed by atoms with Crippen LogP contribution in [0, 0.1) is 0 Å². The van der Waals surface area contributed by atoms with E-state index in [2.05, 4.69) is 0 Å². The SMILES string of the molecule is O=C1OCCCCOC(=O)c2ccc(cc2)C(=O)OCCCCOC(=O)c2ccc1cc2. The lowest BCUT2D eigenvalue weighted by Gasteiger charge is -2.09. The number of hydrogen-bond donors (Lipinski definition) is 0. The van der Waals surface area contributed by atoms with Crippen LogP contribution in [0.3, 0.4) is 0 Å². The largest absolute Gasteiger partial charge is 0.462 e. The number of carbonyl (C=O) groups excluding carboxylic acids is 4. The molecular formula is C24H24O8. The van der Waals surface area contributed by atoms with Gasteiger partial charge in [-0.2, -0.15) is 0 Å². The Kier molecular flexibility index (Phi) is 8.36. The molecule has 0 spiro atoms. The van der Waals surface area contributed by atoms with Crippen molar-refractivity contribution in [1.29, 1.82) is 0 Å². The van der Waals surface area contributed by atoms with E-state index >= 15 is 0 Å².